The topological polar surface area (TPSA) is 38.3 Å². The maximum Gasteiger partial charge on any atom is 0.217 e. The molecular formula is C19H26BrNO2. The predicted molar refractivity (Wildman–Crippen MR) is 95.9 cm³/mol. The van der Waals surface area contributed by atoms with Gasteiger partial charge in [0.2, 0.25) is 5.91 Å². The summed E-state index contributed by atoms with van der Waals surface area (Å²) in [5.41, 5.74) is 2.75. The van der Waals surface area contributed by atoms with Gasteiger partial charge in [-0.05, 0) is 64.4 Å². The summed E-state index contributed by atoms with van der Waals surface area (Å²) in [6, 6.07) is 4.63. The van der Waals surface area contributed by atoms with E-state index in [2.05, 4.69) is 40.3 Å². The molecule has 0 radical (unpaired) electrons. The van der Waals surface area contributed by atoms with Gasteiger partial charge in [0, 0.05) is 18.4 Å². The molecule has 23 heavy (non-hydrogen) atoms. The molecule has 2 aliphatic rings. The molecule has 1 aromatic carbocycles. The highest BCUT2D eigenvalue weighted by Gasteiger charge is 2.46. The third-order valence-corrected chi connectivity index (χ3v) is 6.38. The summed E-state index contributed by atoms with van der Waals surface area (Å²) in [6.07, 6.45) is 7.14. The second-order valence-corrected chi connectivity index (χ2v) is 8.16. The second-order valence-electron chi connectivity index (χ2n) is 7.30. The van der Waals surface area contributed by atoms with E-state index < -0.39 is 0 Å². The van der Waals surface area contributed by atoms with E-state index >= 15 is 0 Å². The minimum atomic E-state index is -0.0156. The summed E-state index contributed by atoms with van der Waals surface area (Å²) in [7, 11) is 1.71. The monoisotopic (exact) mass is 379 g/mol. The Labute approximate surface area is 147 Å². The van der Waals surface area contributed by atoms with Crippen LogP contribution >= 0.6 is 15.9 Å². The first-order valence-electron chi connectivity index (χ1n) is 8.59. The molecule has 2 aliphatic carbocycles. The maximum atomic E-state index is 11.8. The summed E-state index contributed by atoms with van der Waals surface area (Å²) < 4.78 is 6.55. The molecule has 126 valence electrons. The van der Waals surface area contributed by atoms with Crippen molar-refractivity contribution in [3.05, 3.63) is 27.7 Å². The van der Waals surface area contributed by atoms with Gasteiger partial charge in [-0.1, -0.05) is 26.2 Å². The van der Waals surface area contributed by atoms with Crippen LogP contribution in [0.2, 0.25) is 0 Å². The normalized spacial score (nSPS) is 29.9. The van der Waals surface area contributed by atoms with E-state index in [1.54, 1.807) is 14.0 Å². The molecule has 1 aromatic rings. The standard InChI is InChI=1S/C19H26BrNO2/c1-12(22)21-18-13-7-5-4-6-8-19(18,2)15-11-17(23-3)16(20)10-14(15)9-13/h10-11,13,18H,4-9H2,1-3H3,(H,21,22). The van der Waals surface area contributed by atoms with Crippen LogP contribution in [-0.2, 0) is 16.6 Å². The Bertz CT molecular complexity index is 616. The summed E-state index contributed by atoms with van der Waals surface area (Å²) in [5.74, 6) is 1.49. The number of ether oxygens (including phenoxy) is 1. The number of nitrogens with one attached hydrogen (secondary N) is 1. The van der Waals surface area contributed by atoms with Crippen molar-refractivity contribution >= 4 is 21.8 Å². The van der Waals surface area contributed by atoms with Crippen LogP contribution in [0.4, 0.5) is 0 Å². The van der Waals surface area contributed by atoms with Crippen molar-refractivity contribution in [2.24, 2.45) is 5.92 Å². The summed E-state index contributed by atoms with van der Waals surface area (Å²) in [6.45, 7) is 3.97. The first-order chi connectivity index (χ1) is 11.0. The highest BCUT2D eigenvalue weighted by Crippen LogP contribution is 2.48. The number of methoxy groups -OCH3 is 1. The summed E-state index contributed by atoms with van der Waals surface area (Å²) >= 11 is 3.63. The predicted octanol–water partition coefficient (Wildman–Crippen LogP) is 4.36. The highest BCUT2D eigenvalue weighted by atomic mass is 79.9. The smallest absolute Gasteiger partial charge is 0.217 e. The van der Waals surface area contributed by atoms with Crippen molar-refractivity contribution < 1.29 is 9.53 Å². The van der Waals surface area contributed by atoms with E-state index in [9.17, 15) is 4.79 Å². The third-order valence-electron chi connectivity index (χ3n) is 5.76. The molecule has 1 fully saturated rings. The van der Waals surface area contributed by atoms with Crippen LogP contribution in [0.1, 0.15) is 57.1 Å². The first-order valence-corrected chi connectivity index (χ1v) is 9.39. The number of carbonyl (C=O) groups excluding carboxylic acids is 1. The lowest BCUT2D eigenvalue weighted by Gasteiger charge is -2.49. The fourth-order valence-corrected chi connectivity index (χ4v) is 5.22. The minimum absolute atomic E-state index is 0.0156. The Morgan fingerprint density at radius 1 is 1.35 bits per heavy atom. The van der Waals surface area contributed by atoms with Gasteiger partial charge in [-0.15, -0.1) is 0 Å². The Morgan fingerprint density at radius 2 is 2.13 bits per heavy atom. The lowest BCUT2D eigenvalue weighted by molar-refractivity contribution is -0.120. The maximum absolute atomic E-state index is 11.8. The molecule has 0 aromatic heterocycles. The lowest BCUT2D eigenvalue weighted by Crippen LogP contribution is -2.56. The van der Waals surface area contributed by atoms with Crippen molar-refractivity contribution in [1.29, 1.82) is 0 Å². The molecule has 0 heterocycles. The average Bonchev–Trinajstić information content (AvgIpc) is 2.49. The number of hydrogen-bond acceptors (Lipinski definition) is 2. The van der Waals surface area contributed by atoms with Crippen molar-refractivity contribution in [2.75, 3.05) is 7.11 Å². The van der Waals surface area contributed by atoms with Gasteiger partial charge in [0.25, 0.3) is 0 Å². The molecule has 3 unspecified atom stereocenters. The van der Waals surface area contributed by atoms with Gasteiger partial charge in [0.15, 0.2) is 0 Å². The van der Waals surface area contributed by atoms with Gasteiger partial charge in [-0.3, -0.25) is 4.79 Å². The molecule has 3 rings (SSSR count). The molecule has 3 atom stereocenters. The van der Waals surface area contributed by atoms with Crippen molar-refractivity contribution in [3.63, 3.8) is 0 Å². The first kappa shape index (κ1) is 16.8. The molecule has 0 saturated heterocycles. The molecule has 4 heteroatoms. The Hall–Kier alpha value is -1.03. The fraction of sp³-hybridized carbons (Fsp3) is 0.632. The molecule has 1 N–H and O–H groups in total. The number of hydrogen-bond donors (Lipinski definition) is 1. The van der Waals surface area contributed by atoms with E-state index in [0.29, 0.717) is 5.92 Å². The zero-order valence-electron chi connectivity index (χ0n) is 14.2. The van der Waals surface area contributed by atoms with Gasteiger partial charge >= 0.3 is 0 Å². The third kappa shape index (κ3) is 3.02. The molecule has 1 saturated carbocycles. The summed E-state index contributed by atoms with van der Waals surface area (Å²) in [5, 5.41) is 3.29. The molecule has 0 spiro atoms. The number of halogens is 1. The number of fused-ring (bicyclic) bond motifs is 4. The Kier molecular flexibility index (Phi) is 4.73. The largest absolute Gasteiger partial charge is 0.496 e. The van der Waals surface area contributed by atoms with Gasteiger partial charge in [0.05, 0.1) is 11.6 Å². The van der Waals surface area contributed by atoms with Crippen LogP contribution in [0.3, 0.4) is 0 Å². The van der Waals surface area contributed by atoms with Crippen molar-refractivity contribution in [1.82, 2.24) is 5.32 Å². The number of rotatable bonds is 2. The van der Waals surface area contributed by atoms with E-state index in [1.165, 1.54) is 36.8 Å². The molecule has 0 aliphatic heterocycles. The van der Waals surface area contributed by atoms with Crippen LogP contribution in [0.15, 0.2) is 16.6 Å². The fourth-order valence-electron chi connectivity index (χ4n) is 4.67. The Balaban J connectivity index is 2.13. The van der Waals surface area contributed by atoms with E-state index in [0.717, 1.165) is 23.1 Å². The number of carbonyl (C=O) groups is 1. The van der Waals surface area contributed by atoms with Crippen LogP contribution < -0.4 is 10.1 Å². The van der Waals surface area contributed by atoms with Crippen LogP contribution in [-0.4, -0.2) is 19.1 Å². The molecule has 2 bridgehead atoms. The van der Waals surface area contributed by atoms with Gasteiger partial charge < -0.3 is 10.1 Å². The lowest BCUT2D eigenvalue weighted by atomic mass is 9.59. The van der Waals surface area contributed by atoms with Crippen LogP contribution in [0.25, 0.3) is 0 Å². The quantitative estimate of drug-likeness (QED) is 0.828. The van der Waals surface area contributed by atoms with Gasteiger partial charge in [-0.25, -0.2) is 0 Å². The van der Waals surface area contributed by atoms with E-state index in [-0.39, 0.29) is 17.4 Å². The number of amides is 1. The second kappa shape index (κ2) is 6.46. The van der Waals surface area contributed by atoms with E-state index in [1.807, 2.05) is 0 Å². The molecule has 3 nitrogen and oxygen atoms in total. The zero-order valence-corrected chi connectivity index (χ0v) is 15.8. The minimum Gasteiger partial charge on any atom is -0.496 e. The van der Waals surface area contributed by atoms with Gasteiger partial charge in [-0.2, -0.15) is 0 Å². The van der Waals surface area contributed by atoms with Crippen molar-refractivity contribution in [2.45, 2.75) is 63.8 Å². The van der Waals surface area contributed by atoms with Crippen LogP contribution in [0.5, 0.6) is 5.75 Å². The van der Waals surface area contributed by atoms with Gasteiger partial charge in [0.1, 0.15) is 5.75 Å². The highest BCUT2D eigenvalue weighted by molar-refractivity contribution is 9.10. The SMILES string of the molecule is COc1cc2c(cc1Br)CC1CCCCCC2(C)C1NC(C)=O. The molecular weight excluding hydrogens is 354 g/mol. The Morgan fingerprint density at radius 3 is 2.83 bits per heavy atom. The van der Waals surface area contributed by atoms with E-state index in [4.69, 9.17) is 4.74 Å². The number of benzene rings is 1. The summed E-state index contributed by atoms with van der Waals surface area (Å²) in [4.78, 5) is 11.8. The molecule has 1 amide bonds. The average molecular weight is 380 g/mol. The van der Waals surface area contributed by atoms with Crippen LogP contribution in [0, 0.1) is 5.92 Å². The zero-order chi connectivity index (χ0) is 16.6. The van der Waals surface area contributed by atoms with Crippen molar-refractivity contribution in [3.8, 4) is 5.75 Å².